The zero-order valence-electron chi connectivity index (χ0n) is 19.9. The number of methoxy groups -OCH3 is 1. The molecule has 2 aromatic rings. The number of rotatable bonds is 8. The first kappa shape index (κ1) is 23.6. The van der Waals surface area contributed by atoms with Gasteiger partial charge in [-0.25, -0.2) is 4.79 Å². The maximum absolute atomic E-state index is 13.4. The quantitative estimate of drug-likeness (QED) is 0.284. The lowest BCUT2D eigenvalue weighted by Gasteiger charge is -2.20. The Labute approximate surface area is 201 Å². The van der Waals surface area contributed by atoms with E-state index in [0.717, 1.165) is 30.4 Å². The van der Waals surface area contributed by atoms with E-state index in [1.165, 1.54) is 25.5 Å². The van der Waals surface area contributed by atoms with Crippen molar-refractivity contribution in [1.29, 1.82) is 0 Å². The van der Waals surface area contributed by atoms with Crippen LogP contribution in [0.1, 0.15) is 50.2 Å². The number of nitrogens with zero attached hydrogens (tertiary/aromatic N) is 1. The third kappa shape index (κ3) is 5.48. The second-order valence-corrected chi connectivity index (χ2v) is 8.67. The van der Waals surface area contributed by atoms with E-state index in [4.69, 9.17) is 9.47 Å². The molecule has 34 heavy (non-hydrogen) atoms. The van der Waals surface area contributed by atoms with Gasteiger partial charge in [-0.2, -0.15) is 0 Å². The predicted molar refractivity (Wildman–Crippen MR) is 133 cm³/mol. The third-order valence-corrected chi connectivity index (χ3v) is 6.36. The van der Waals surface area contributed by atoms with Crippen LogP contribution < -0.4 is 4.74 Å². The summed E-state index contributed by atoms with van der Waals surface area (Å²) in [5, 5.41) is 0. The van der Waals surface area contributed by atoms with Crippen LogP contribution in [0.4, 0.5) is 0 Å². The monoisotopic (exact) mass is 457 g/mol. The van der Waals surface area contributed by atoms with E-state index >= 15 is 0 Å². The van der Waals surface area contributed by atoms with Gasteiger partial charge in [0.05, 0.1) is 18.3 Å². The number of esters is 1. The van der Waals surface area contributed by atoms with Crippen LogP contribution in [-0.4, -0.2) is 30.4 Å². The molecule has 0 fully saturated rings. The molecule has 1 aliphatic carbocycles. The Kier molecular flexibility index (Phi) is 7.63. The molecule has 1 aliphatic heterocycles. The fraction of sp³-hybridized carbons (Fsp3) is 0.310. The van der Waals surface area contributed by atoms with Gasteiger partial charge in [0.25, 0.3) is 5.91 Å². The van der Waals surface area contributed by atoms with Crippen LogP contribution in [0.2, 0.25) is 0 Å². The van der Waals surface area contributed by atoms with Crippen LogP contribution in [0.3, 0.4) is 0 Å². The molecule has 0 spiro atoms. The van der Waals surface area contributed by atoms with E-state index in [9.17, 15) is 9.59 Å². The molecule has 0 radical (unpaired) electrons. The topological polar surface area (TPSA) is 55.8 Å². The van der Waals surface area contributed by atoms with Crippen molar-refractivity contribution in [3.8, 4) is 5.75 Å². The number of ether oxygens (including phenoxy) is 2. The van der Waals surface area contributed by atoms with Crippen molar-refractivity contribution in [2.75, 3.05) is 13.7 Å². The number of carbonyl (C=O) groups is 2. The Morgan fingerprint density at radius 3 is 2.65 bits per heavy atom. The smallest absolute Gasteiger partial charge is 0.340 e. The lowest BCUT2D eigenvalue weighted by atomic mass is 9.97. The average Bonchev–Trinajstić information content (AvgIpc) is 3.11. The van der Waals surface area contributed by atoms with Crippen molar-refractivity contribution in [1.82, 2.24) is 4.90 Å². The van der Waals surface area contributed by atoms with Crippen LogP contribution in [0, 0.1) is 0 Å². The average molecular weight is 458 g/mol. The molecule has 0 saturated heterocycles. The lowest BCUT2D eigenvalue weighted by Crippen LogP contribution is -2.26. The number of hydrogen-bond donors (Lipinski definition) is 0. The highest BCUT2D eigenvalue weighted by Gasteiger charge is 2.36. The van der Waals surface area contributed by atoms with Gasteiger partial charge in [-0.1, -0.05) is 54.1 Å². The first-order valence-electron chi connectivity index (χ1n) is 11.8. The van der Waals surface area contributed by atoms with Crippen molar-refractivity contribution in [2.24, 2.45) is 0 Å². The minimum absolute atomic E-state index is 0.162. The van der Waals surface area contributed by atoms with Crippen LogP contribution >= 0.6 is 0 Å². The molecular formula is C29H31NO4. The zero-order chi connectivity index (χ0) is 23.9. The molecular weight excluding hydrogens is 426 g/mol. The number of allylic oxidation sites excluding steroid dienone is 2. The van der Waals surface area contributed by atoms with Gasteiger partial charge >= 0.3 is 5.97 Å². The third-order valence-electron chi connectivity index (χ3n) is 6.36. The van der Waals surface area contributed by atoms with Crippen LogP contribution in [-0.2, 0) is 20.9 Å². The fourth-order valence-corrected chi connectivity index (χ4v) is 4.49. The van der Waals surface area contributed by atoms with Gasteiger partial charge < -0.3 is 14.4 Å². The van der Waals surface area contributed by atoms with Crippen LogP contribution in [0.15, 0.2) is 83.1 Å². The van der Waals surface area contributed by atoms with Gasteiger partial charge in [-0.15, -0.1) is 0 Å². The number of benzene rings is 2. The Bertz CT molecular complexity index is 1140. The zero-order valence-corrected chi connectivity index (χ0v) is 19.9. The molecule has 1 heterocycles. The van der Waals surface area contributed by atoms with E-state index in [1.54, 1.807) is 11.0 Å². The second-order valence-electron chi connectivity index (χ2n) is 8.67. The van der Waals surface area contributed by atoms with E-state index in [-0.39, 0.29) is 5.91 Å². The summed E-state index contributed by atoms with van der Waals surface area (Å²) in [5.74, 6) is 0.0444. The highest BCUT2D eigenvalue weighted by atomic mass is 16.5. The Hall–Kier alpha value is -3.60. The maximum Gasteiger partial charge on any atom is 0.340 e. The Morgan fingerprint density at radius 2 is 1.91 bits per heavy atom. The molecule has 0 saturated carbocycles. The molecule has 0 unspecified atom stereocenters. The van der Waals surface area contributed by atoms with Crippen molar-refractivity contribution < 1.29 is 19.1 Å². The molecule has 2 aromatic carbocycles. The van der Waals surface area contributed by atoms with E-state index in [1.807, 2.05) is 61.5 Å². The number of hydrogen-bond acceptors (Lipinski definition) is 4. The number of carbonyl (C=O) groups excluding carboxylic acids is 2. The van der Waals surface area contributed by atoms with Gasteiger partial charge in [0.1, 0.15) is 12.4 Å². The Morgan fingerprint density at radius 1 is 1.09 bits per heavy atom. The second kappa shape index (κ2) is 11.0. The normalized spacial score (nSPS) is 17.2. The summed E-state index contributed by atoms with van der Waals surface area (Å²) in [6.45, 7) is 2.84. The molecule has 5 nitrogen and oxygen atoms in total. The summed E-state index contributed by atoms with van der Waals surface area (Å²) >= 11 is 0. The van der Waals surface area contributed by atoms with E-state index in [2.05, 4.69) is 6.08 Å². The molecule has 0 bridgehead atoms. The number of amides is 1. The first-order valence-corrected chi connectivity index (χ1v) is 11.8. The van der Waals surface area contributed by atoms with Crippen LogP contribution in [0.25, 0.3) is 6.08 Å². The highest BCUT2D eigenvalue weighted by Crippen LogP contribution is 2.33. The van der Waals surface area contributed by atoms with Gasteiger partial charge in [-0.3, -0.25) is 4.79 Å². The summed E-state index contributed by atoms with van der Waals surface area (Å²) in [5.41, 5.74) is 4.61. The molecule has 4 rings (SSSR count). The van der Waals surface area contributed by atoms with Gasteiger partial charge in [0, 0.05) is 12.2 Å². The molecule has 2 aliphatic rings. The molecule has 0 atom stereocenters. The fourth-order valence-electron chi connectivity index (χ4n) is 4.49. The Balaban J connectivity index is 1.55. The lowest BCUT2D eigenvalue weighted by molar-refractivity contribution is -0.136. The van der Waals surface area contributed by atoms with Crippen LogP contribution in [0.5, 0.6) is 5.75 Å². The summed E-state index contributed by atoms with van der Waals surface area (Å²) in [4.78, 5) is 27.7. The minimum Gasteiger partial charge on any atom is -0.489 e. The van der Waals surface area contributed by atoms with Crippen molar-refractivity contribution in [2.45, 2.75) is 45.6 Å². The molecule has 1 amide bonds. The standard InChI is InChI=1S/C29H31NO4/c1-21-27(29(32)33-2)26(28(31)30(21)17-16-22-10-5-3-6-11-22)19-24-14-9-15-25(18-24)34-20-23-12-7-4-8-13-23/h4,7-10,12-15,18-19H,3,5-6,11,16-17,20H2,1-2H3/b26-19-. The summed E-state index contributed by atoms with van der Waals surface area (Å²) in [7, 11) is 1.35. The van der Waals surface area contributed by atoms with Crippen molar-refractivity contribution in [3.05, 3.63) is 94.2 Å². The van der Waals surface area contributed by atoms with Crippen molar-refractivity contribution >= 4 is 18.0 Å². The van der Waals surface area contributed by atoms with Crippen molar-refractivity contribution in [3.63, 3.8) is 0 Å². The highest BCUT2D eigenvalue weighted by molar-refractivity contribution is 6.16. The van der Waals surface area contributed by atoms with Gasteiger partial charge in [-0.05, 0) is 68.4 Å². The molecule has 5 heteroatoms. The summed E-state index contributed by atoms with van der Waals surface area (Å²) < 4.78 is 11.0. The largest absolute Gasteiger partial charge is 0.489 e. The molecule has 176 valence electrons. The molecule has 0 aromatic heterocycles. The summed E-state index contributed by atoms with van der Waals surface area (Å²) in [6, 6.07) is 17.5. The minimum atomic E-state index is -0.493. The first-order chi connectivity index (χ1) is 16.6. The predicted octanol–water partition coefficient (Wildman–Crippen LogP) is 5.83. The maximum atomic E-state index is 13.4. The van der Waals surface area contributed by atoms with E-state index in [0.29, 0.717) is 35.7 Å². The SMILES string of the molecule is COC(=O)C1=C(C)N(CCC2=CCCCC2)C(=O)/C1=C\c1cccc(OCc2ccccc2)c1. The van der Waals surface area contributed by atoms with E-state index < -0.39 is 5.97 Å². The van der Waals surface area contributed by atoms with Gasteiger partial charge in [0.15, 0.2) is 0 Å². The summed E-state index contributed by atoms with van der Waals surface area (Å²) in [6.07, 6.45) is 9.52. The van der Waals surface area contributed by atoms with Gasteiger partial charge in [0.2, 0.25) is 0 Å². The molecule has 0 N–H and O–H groups in total.